The van der Waals surface area contributed by atoms with Crippen molar-refractivity contribution in [2.45, 2.75) is 54.6 Å². The summed E-state index contributed by atoms with van der Waals surface area (Å²) in [5, 5.41) is 0. The van der Waals surface area contributed by atoms with E-state index in [2.05, 4.69) is 4.72 Å². The molecule has 0 aliphatic heterocycles. The average Bonchev–Trinajstić information content (AvgIpc) is 3.34. The highest BCUT2D eigenvalue weighted by atomic mass is 32.2. The van der Waals surface area contributed by atoms with Crippen molar-refractivity contribution in [3.05, 3.63) is 95.6 Å². The van der Waals surface area contributed by atoms with E-state index < -0.39 is 31.7 Å². The second kappa shape index (κ2) is 10.5. The molecule has 0 amide bonds. The highest BCUT2D eigenvalue weighted by Gasteiger charge is 2.27. The molecule has 0 bridgehead atoms. The molecule has 4 rings (SSSR count). The number of rotatable bonds is 9. The van der Waals surface area contributed by atoms with Crippen LogP contribution >= 0.6 is 0 Å². The summed E-state index contributed by atoms with van der Waals surface area (Å²) in [5.41, 5.74) is 1.13. The highest BCUT2D eigenvalue weighted by molar-refractivity contribution is 7.89. The summed E-state index contributed by atoms with van der Waals surface area (Å²) >= 11 is 0. The molecular formula is C25H26F2N2O4S2. The predicted octanol–water partition coefficient (Wildman–Crippen LogP) is 4.58. The molecule has 1 aliphatic rings. The van der Waals surface area contributed by atoms with Crippen molar-refractivity contribution in [3.63, 3.8) is 0 Å². The Labute approximate surface area is 204 Å². The normalized spacial score (nSPS) is 15.1. The van der Waals surface area contributed by atoms with E-state index >= 15 is 0 Å². The Morgan fingerprint density at radius 3 is 1.57 bits per heavy atom. The summed E-state index contributed by atoms with van der Waals surface area (Å²) in [6.45, 7) is -0.105. The first-order chi connectivity index (χ1) is 16.6. The Morgan fingerprint density at radius 2 is 1.11 bits per heavy atom. The first kappa shape index (κ1) is 25.4. The number of nitrogens with zero attached hydrogens (tertiary/aromatic N) is 1. The summed E-state index contributed by atoms with van der Waals surface area (Å²) < 4.78 is 83.0. The van der Waals surface area contributed by atoms with Crippen molar-refractivity contribution in [2.24, 2.45) is 0 Å². The fourth-order valence-electron chi connectivity index (χ4n) is 4.08. The van der Waals surface area contributed by atoms with Crippen molar-refractivity contribution < 1.29 is 25.6 Å². The van der Waals surface area contributed by atoms with Gasteiger partial charge in [-0.2, -0.15) is 4.31 Å². The van der Waals surface area contributed by atoms with Crippen LogP contribution in [-0.2, 0) is 33.1 Å². The van der Waals surface area contributed by atoms with E-state index in [9.17, 15) is 25.6 Å². The Bertz CT molecular complexity index is 1310. The molecule has 186 valence electrons. The third-order valence-corrected chi connectivity index (χ3v) is 9.34. The third kappa shape index (κ3) is 6.32. The van der Waals surface area contributed by atoms with Crippen molar-refractivity contribution in [1.29, 1.82) is 0 Å². The number of halogens is 2. The Kier molecular flexibility index (Phi) is 7.65. The third-order valence-electron chi connectivity index (χ3n) is 5.99. The van der Waals surface area contributed by atoms with E-state index in [0.29, 0.717) is 11.1 Å². The van der Waals surface area contributed by atoms with Gasteiger partial charge in [-0.05, 0) is 72.5 Å². The molecular weight excluding hydrogens is 494 g/mol. The van der Waals surface area contributed by atoms with Crippen molar-refractivity contribution in [1.82, 2.24) is 9.03 Å². The van der Waals surface area contributed by atoms with Gasteiger partial charge in [-0.15, -0.1) is 0 Å². The van der Waals surface area contributed by atoms with E-state index in [1.165, 1.54) is 77.1 Å². The zero-order valence-electron chi connectivity index (χ0n) is 18.9. The molecule has 3 aromatic rings. The van der Waals surface area contributed by atoms with Crippen molar-refractivity contribution in [3.8, 4) is 0 Å². The monoisotopic (exact) mass is 520 g/mol. The lowest BCUT2D eigenvalue weighted by atomic mass is 10.2. The van der Waals surface area contributed by atoms with Crippen LogP contribution in [0, 0.1) is 11.6 Å². The fraction of sp³-hybridized carbons (Fsp3) is 0.280. The molecule has 1 fully saturated rings. The van der Waals surface area contributed by atoms with Crippen LogP contribution in [0.15, 0.2) is 82.6 Å². The SMILES string of the molecule is O=S(=O)(NC1CCCC1)c1ccc(S(=O)(=O)N(Cc2ccc(F)cc2)Cc2ccc(F)cc2)cc1. The lowest BCUT2D eigenvalue weighted by Crippen LogP contribution is -2.33. The average molecular weight is 521 g/mol. The van der Waals surface area contributed by atoms with Gasteiger partial charge in [-0.3, -0.25) is 0 Å². The maximum atomic E-state index is 13.5. The van der Waals surface area contributed by atoms with Crippen LogP contribution in [0.4, 0.5) is 8.78 Å². The number of sulfonamides is 2. The number of hydrogen-bond acceptors (Lipinski definition) is 4. The highest BCUT2D eigenvalue weighted by Crippen LogP contribution is 2.24. The van der Waals surface area contributed by atoms with Crippen LogP contribution < -0.4 is 4.72 Å². The molecule has 1 saturated carbocycles. The minimum absolute atomic E-state index is 0.00744. The first-order valence-electron chi connectivity index (χ1n) is 11.2. The largest absolute Gasteiger partial charge is 0.243 e. The molecule has 1 N–H and O–H groups in total. The molecule has 0 spiro atoms. The van der Waals surface area contributed by atoms with Gasteiger partial charge in [0, 0.05) is 19.1 Å². The molecule has 0 unspecified atom stereocenters. The predicted molar refractivity (Wildman–Crippen MR) is 128 cm³/mol. The quantitative estimate of drug-likeness (QED) is 0.448. The summed E-state index contributed by atoms with van der Waals surface area (Å²) in [5.74, 6) is -0.880. The van der Waals surface area contributed by atoms with Gasteiger partial charge in [0.05, 0.1) is 9.79 Å². The van der Waals surface area contributed by atoms with Crippen molar-refractivity contribution >= 4 is 20.0 Å². The zero-order valence-corrected chi connectivity index (χ0v) is 20.5. The number of hydrogen-bond donors (Lipinski definition) is 1. The van der Waals surface area contributed by atoms with E-state index in [4.69, 9.17) is 0 Å². The van der Waals surface area contributed by atoms with Crippen LogP contribution in [0.1, 0.15) is 36.8 Å². The maximum Gasteiger partial charge on any atom is 0.243 e. The molecule has 0 heterocycles. The van der Waals surface area contributed by atoms with Crippen LogP contribution in [0.2, 0.25) is 0 Å². The van der Waals surface area contributed by atoms with Crippen molar-refractivity contribution in [2.75, 3.05) is 0 Å². The molecule has 6 nitrogen and oxygen atoms in total. The fourth-order valence-corrected chi connectivity index (χ4v) is 6.80. The van der Waals surface area contributed by atoms with E-state index in [1.54, 1.807) is 0 Å². The maximum absolute atomic E-state index is 13.5. The minimum Gasteiger partial charge on any atom is -0.208 e. The van der Waals surface area contributed by atoms with Gasteiger partial charge in [0.25, 0.3) is 0 Å². The van der Waals surface area contributed by atoms with E-state index in [0.717, 1.165) is 25.7 Å². The number of nitrogens with one attached hydrogen (secondary N) is 1. The lowest BCUT2D eigenvalue weighted by Gasteiger charge is -2.23. The van der Waals surface area contributed by atoms with Crippen LogP contribution in [0.3, 0.4) is 0 Å². The smallest absolute Gasteiger partial charge is 0.208 e. The van der Waals surface area contributed by atoms with Gasteiger partial charge in [0.1, 0.15) is 11.6 Å². The summed E-state index contributed by atoms with van der Waals surface area (Å²) in [6, 6.07) is 15.9. The van der Waals surface area contributed by atoms with Crippen LogP contribution in [0.5, 0.6) is 0 Å². The Morgan fingerprint density at radius 1 is 0.686 bits per heavy atom. The van der Waals surface area contributed by atoms with E-state index in [-0.39, 0.29) is 28.9 Å². The van der Waals surface area contributed by atoms with Gasteiger partial charge in [-0.25, -0.2) is 30.3 Å². The molecule has 10 heteroatoms. The minimum atomic E-state index is -4.07. The van der Waals surface area contributed by atoms with Gasteiger partial charge >= 0.3 is 0 Å². The molecule has 0 atom stereocenters. The molecule has 0 saturated heterocycles. The van der Waals surface area contributed by atoms with Crippen LogP contribution in [-0.4, -0.2) is 27.2 Å². The standard InChI is InChI=1S/C25H26F2N2O4S2/c26-21-9-5-19(6-10-21)17-29(18-20-7-11-22(27)12-8-20)35(32,33)25-15-13-24(14-16-25)34(30,31)28-23-3-1-2-4-23/h5-16,23,28H,1-4,17-18H2. The number of benzene rings is 3. The topological polar surface area (TPSA) is 83.5 Å². The Hall–Kier alpha value is -2.66. The second-order valence-electron chi connectivity index (χ2n) is 8.60. The summed E-state index contributed by atoms with van der Waals surface area (Å²) in [7, 11) is -7.83. The summed E-state index contributed by atoms with van der Waals surface area (Å²) in [6.07, 6.45) is 3.52. The second-order valence-corrected chi connectivity index (χ2v) is 12.3. The molecule has 35 heavy (non-hydrogen) atoms. The molecule has 0 aromatic heterocycles. The molecule has 1 aliphatic carbocycles. The van der Waals surface area contributed by atoms with Crippen LogP contribution in [0.25, 0.3) is 0 Å². The van der Waals surface area contributed by atoms with E-state index in [1.807, 2.05) is 0 Å². The van der Waals surface area contributed by atoms with Gasteiger partial charge in [-0.1, -0.05) is 37.1 Å². The summed E-state index contributed by atoms with van der Waals surface area (Å²) in [4.78, 5) is -0.0893. The zero-order chi connectivity index (χ0) is 25.1. The van der Waals surface area contributed by atoms with Gasteiger partial charge < -0.3 is 0 Å². The Balaban J connectivity index is 1.61. The van der Waals surface area contributed by atoms with Gasteiger partial charge in [0.15, 0.2) is 0 Å². The molecule has 0 radical (unpaired) electrons. The lowest BCUT2D eigenvalue weighted by molar-refractivity contribution is 0.400. The van der Waals surface area contributed by atoms with Gasteiger partial charge in [0.2, 0.25) is 20.0 Å². The first-order valence-corrected chi connectivity index (χ1v) is 14.2. The molecule has 3 aromatic carbocycles.